The van der Waals surface area contributed by atoms with E-state index in [4.69, 9.17) is 5.11 Å². The van der Waals surface area contributed by atoms with Gasteiger partial charge in [-0.3, -0.25) is 0 Å². The summed E-state index contributed by atoms with van der Waals surface area (Å²) in [6.45, 7) is 6.48. The first kappa shape index (κ1) is 15.5. The molecule has 0 amide bonds. The maximum atomic E-state index is 11.1. The van der Waals surface area contributed by atoms with Crippen LogP contribution in [0.25, 0.3) is 0 Å². The Morgan fingerprint density at radius 3 is 2.58 bits per heavy atom. The predicted octanol–water partition coefficient (Wildman–Crippen LogP) is 4.70. The lowest BCUT2D eigenvalue weighted by atomic mass is 9.94. The van der Waals surface area contributed by atoms with Crippen molar-refractivity contribution in [2.75, 3.05) is 0 Å². The Morgan fingerprint density at radius 2 is 1.95 bits per heavy atom. The molecule has 0 aliphatic carbocycles. The van der Waals surface area contributed by atoms with Crippen molar-refractivity contribution in [2.24, 2.45) is 5.92 Å². The molecule has 0 radical (unpaired) electrons. The van der Waals surface area contributed by atoms with Crippen LogP contribution in [0, 0.1) is 5.92 Å². The van der Waals surface area contributed by atoms with E-state index in [0.29, 0.717) is 11.5 Å². The van der Waals surface area contributed by atoms with Gasteiger partial charge in [0.25, 0.3) is 0 Å². The maximum Gasteiger partial charge on any atom is 0.335 e. The smallest absolute Gasteiger partial charge is 0.335 e. The van der Waals surface area contributed by atoms with Crippen molar-refractivity contribution in [2.45, 2.75) is 46.5 Å². The molecule has 0 heterocycles. The number of carboxylic acid groups (broad SMARTS) is 1. The zero-order valence-corrected chi connectivity index (χ0v) is 12.1. The minimum atomic E-state index is -0.826. The Labute approximate surface area is 116 Å². The van der Waals surface area contributed by atoms with Crippen molar-refractivity contribution in [1.29, 1.82) is 0 Å². The number of carbonyl (C=O) groups is 1. The topological polar surface area (TPSA) is 37.3 Å². The highest BCUT2D eigenvalue weighted by molar-refractivity contribution is 5.89. The SMILES string of the molecule is CC(C)=CCC[C@H](C)CCc1ccccc1C(=O)O. The molecule has 2 nitrogen and oxygen atoms in total. The fourth-order valence-corrected chi connectivity index (χ4v) is 2.15. The molecule has 19 heavy (non-hydrogen) atoms. The summed E-state index contributed by atoms with van der Waals surface area (Å²) in [6.07, 6.45) is 6.44. The molecule has 0 unspecified atom stereocenters. The Balaban J connectivity index is 2.48. The second-order valence-electron chi connectivity index (χ2n) is 5.46. The van der Waals surface area contributed by atoms with Crippen LogP contribution in [0.15, 0.2) is 35.9 Å². The molecular weight excluding hydrogens is 236 g/mol. The number of carboxylic acids is 1. The van der Waals surface area contributed by atoms with E-state index in [0.717, 1.165) is 24.8 Å². The summed E-state index contributed by atoms with van der Waals surface area (Å²) in [7, 11) is 0. The molecular formula is C17H24O2. The highest BCUT2D eigenvalue weighted by atomic mass is 16.4. The van der Waals surface area contributed by atoms with Crippen LogP contribution >= 0.6 is 0 Å². The van der Waals surface area contributed by atoms with Crippen molar-refractivity contribution >= 4 is 5.97 Å². The third kappa shape index (κ3) is 5.73. The molecule has 2 heteroatoms. The van der Waals surface area contributed by atoms with Gasteiger partial charge in [0.15, 0.2) is 0 Å². The Hall–Kier alpha value is -1.57. The van der Waals surface area contributed by atoms with Gasteiger partial charge < -0.3 is 5.11 Å². The minimum absolute atomic E-state index is 0.444. The van der Waals surface area contributed by atoms with E-state index in [1.54, 1.807) is 12.1 Å². The Morgan fingerprint density at radius 1 is 1.26 bits per heavy atom. The van der Waals surface area contributed by atoms with Crippen molar-refractivity contribution in [3.8, 4) is 0 Å². The van der Waals surface area contributed by atoms with Crippen LogP contribution in [0.1, 0.15) is 56.0 Å². The minimum Gasteiger partial charge on any atom is -0.478 e. The van der Waals surface area contributed by atoms with E-state index < -0.39 is 5.97 Å². The molecule has 0 saturated carbocycles. The summed E-state index contributed by atoms with van der Waals surface area (Å²) in [4.78, 5) is 11.1. The van der Waals surface area contributed by atoms with Gasteiger partial charge in [0.05, 0.1) is 5.56 Å². The number of allylic oxidation sites excluding steroid dienone is 2. The first-order valence-corrected chi connectivity index (χ1v) is 6.95. The van der Waals surface area contributed by atoms with Crippen molar-refractivity contribution in [1.82, 2.24) is 0 Å². The molecule has 0 saturated heterocycles. The highest BCUT2D eigenvalue weighted by Crippen LogP contribution is 2.18. The number of hydrogen-bond donors (Lipinski definition) is 1. The lowest BCUT2D eigenvalue weighted by molar-refractivity contribution is 0.0695. The van der Waals surface area contributed by atoms with Gasteiger partial charge in [-0.1, -0.05) is 36.8 Å². The number of hydrogen-bond acceptors (Lipinski definition) is 1. The predicted molar refractivity (Wildman–Crippen MR) is 79.6 cm³/mol. The third-order valence-electron chi connectivity index (χ3n) is 3.37. The molecule has 0 fully saturated rings. The normalized spacial score (nSPS) is 11.9. The Bertz CT molecular complexity index is 442. The van der Waals surface area contributed by atoms with Crippen LogP contribution in [0.2, 0.25) is 0 Å². The third-order valence-corrected chi connectivity index (χ3v) is 3.37. The standard InChI is InChI=1S/C17H24O2/c1-13(2)7-6-8-14(3)11-12-15-9-4-5-10-16(15)17(18)19/h4-5,7,9-10,14H,6,8,11-12H2,1-3H3,(H,18,19)/t14-/m0/s1. The van der Waals surface area contributed by atoms with Crippen molar-refractivity contribution in [3.05, 3.63) is 47.0 Å². The van der Waals surface area contributed by atoms with Gasteiger partial charge in [-0.05, 0) is 57.1 Å². The average Bonchev–Trinajstić information content (AvgIpc) is 2.36. The van der Waals surface area contributed by atoms with Gasteiger partial charge in [-0.15, -0.1) is 0 Å². The molecule has 1 atom stereocenters. The zero-order valence-electron chi connectivity index (χ0n) is 12.1. The second-order valence-corrected chi connectivity index (χ2v) is 5.46. The molecule has 0 bridgehead atoms. The van der Waals surface area contributed by atoms with E-state index in [1.165, 1.54) is 12.0 Å². The average molecular weight is 260 g/mol. The first-order chi connectivity index (χ1) is 9.00. The fraction of sp³-hybridized carbons (Fsp3) is 0.471. The quantitative estimate of drug-likeness (QED) is 0.721. The summed E-state index contributed by atoms with van der Waals surface area (Å²) in [6, 6.07) is 7.30. The number of aryl methyl sites for hydroxylation is 1. The second kappa shape index (κ2) is 7.78. The van der Waals surface area contributed by atoms with Crippen LogP contribution in [0.4, 0.5) is 0 Å². The summed E-state index contributed by atoms with van der Waals surface area (Å²) in [5.41, 5.74) is 2.76. The zero-order chi connectivity index (χ0) is 14.3. The van der Waals surface area contributed by atoms with Crippen LogP contribution in [0.3, 0.4) is 0 Å². The van der Waals surface area contributed by atoms with Crippen LogP contribution in [-0.4, -0.2) is 11.1 Å². The molecule has 1 N–H and O–H groups in total. The number of rotatable bonds is 7. The maximum absolute atomic E-state index is 11.1. The first-order valence-electron chi connectivity index (χ1n) is 6.95. The van der Waals surface area contributed by atoms with Crippen LogP contribution < -0.4 is 0 Å². The van der Waals surface area contributed by atoms with Crippen LogP contribution in [-0.2, 0) is 6.42 Å². The van der Waals surface area contributed by atoms with Gasteiger partial charge in [0, 0.05) is 0 Å². The van der Waals surface area contributed by atoms with Gasteiger partial charge in [-0.25, -0.2) is 4.79 Å². The summed E-state index contributed by atoms with van der Waals surface area (Å²) in [5, 5.41) is 9.13. The number of aromatic carboxylic acids is 1. The largest absolute Gasteiger partial charge is 0.478 e. The molecule has 0 aliphatic heterocycles. The monoisotopic (exact) mass is 260 g/mol. The number of benzene rings is 1. The fourth-order valence-electron chi connectivity index (χ4n) is 2.15. The van der Waals surface area contributed by atoms with Crippen molar-refractivity contribution in [3.63, 3.8) is 0 Å². The van der Waals surface area contributed by atoms with Gasteiger partial charge in [-0.2, -0.15) is 0 Å². The molecule has 1 aromatic rings. The summed E-state index contributed by atoms with van der Waals surface area (Å²) >= 11 is 0. The van der Waals surface area contributed by atoms with Crippen LogP contribution in [0.5, 0.6) is 0 Å². The molecule has 1 rings (SSSR count). The molecule has 0 spiro atoms. The van der Waals surface area contributed by atoms with E-state index in [1.807, 2.05) is 12.1 Å². The van der Waals surface area contributed by atoms with E-state index in [2.05, 4.69) is 26.8 Å². The van der Waals surface area contributed by atoms with Gasteiger partial charge >= 0.3 is 5.97 Å². The lowest BCUT2D eigenvalue weighted by Crippen LogP contribution is -2.04. The molecule has 0 aromatic heterocycles. The van der Waals surface area contributed by atoms with E-state index >= 15 is 0 Å². The summed E-state index contributed by atoms with van der Waals surface area (Å²) < 4.78 is 0. The van der Waals surface area contributed by atoms with Gasteiger partial charge in [0.2, 0.25) is 0 Å². The van der Waals surface area contributed by atoms with Crippen molar-refractivity contribution < 1.29 is 9.90 Å². The molecule has 0 aliphatic rings. The summed E-state index contributed by atoms with van der Waals surface area (Å²) in [5.74, 6) is -0.203. The lowest BCUT2D eigenvalue weighted by Gasteiger charge is -2.11. The van der Waals surface area contributed by atoms with E-state index in [-0.39, 0.29) is 0 Å². The highest BCUT2D eigenvalue weighted by Gasteiger charge is 2.10. The molecule has 1 aromatic carbocycles. The van der Waals surface area contributed by atoms with Gasteiger partial charge in [0.1, 0.15) is 0 Å². The van der Waals surface area contributed by atoms with E-state index in [9.17, 15) is 4.79 Å². The molecule has 104 valence electrons. The Kier molecular flexibility index (Phi) is 6.34.